The van der Waals surface area contributed by atoms with E-state index in [0.717, 1.165) is 0 Å². The largest absolute Gasteiger partial charge is 0.456 e. The van der Waals surface area contributed by atoms with Gasteiger partial charge in [-0.2, -0.15) is 0 Å². The summed E-state index contributed by atoms with van der Waals surface area (Å²) >= 11 is 5.74. The average Bonchev–Trinajstić information content (AvgIpc) is 2.96. The van der Waals surface area contributed by atoms with Crippen molar-refractivity contribution in [1.82, 2.24) is 5.16 Å². The SMILES string of the molecule is Cc1cc(NC(=O)COC(=O)CCC(=O)c2ccc(Cl)cc2)no1. The molecule has 0 aliphatic heterocycles. The number of carbonyl (C=O) groups is 3. The first-order valence-corrected chi connectivity index (χ1v) is 7.49. The summed E-state index contributed by atoms with van der Waals surface area (Å²) in [7, 11) is 0. The molecule has 1 heterocycles. The van der Waals surface area contributed by atoms with Crippen molar-refractivity contribution in [2.75, 3.05) is 11.9 Å². The first kappa shape index (κ1) is 17.7. The highest BCUT2D eigenvalue weighted by molar-refractivity contribution is 6.30. The summed E-state index contributed by atoms with van der Waals surface area (Å²) in [5.74, 6) is -0.593. The van der Waals surface area contributed by atoms with E-state index in [1.54, 1.807) is 31.2 Å². The summed E-state index contributed by atoms with van der Waals surface area (Å²) in [5, 5.41) is 6.52. The number of nitrogens with one attached hydrogen (secondary N) is 1. The number of aryl methyl sites for hydroxylation is 1. The lowest BCUT2D eigenvalue weighted by atomic mass is 10.1. The Kier molecular flexibility index (Phi) is 6.08. The first-order chi connectivity index (χ1) is 11.4. The fraction of sp³-hybridized carbons (Fsp3) is 0.250. The van der Waals surface area contributed by atoms with Crippen LogP contribution >= 0.6 is 11.6 Å². The van der Waals surface area contributed by atoms with Gasteiger partial charge in [-0.05, 0) is 31.2 Å². The molecule has 0 unspecified atom stereocenters. The van der Waals surface area contributed by atoms with Gasteiger partial charge in [-0.25, -0.2) is 0 Å². The molecule has 0 atom stereocenters. The number of esters is 1. The number of benzene rings is 1. The smallest absolute Gasteiger partial charge is 0.306 e. The van der Waals surface area contributed by atoms with E-state index in [1.807, 2.05) is 0 Å². The second-order valence-electron chi connectivity index (χ2n) is 4.96. The highest BCUT2D eigenvalue weighted by Gasteiger charge is 2.13. The predicted octanol–water partition coefficient (Wildman–Crippen LogP) is 2.78. The quantitative estimate of drug-likeness (QED) is 0.609. The maximum atomic E-state index is 11.9. The molecule has 24 heavy (non-hydrogen) atoms. The molecule has 8 heteroatoms. The molecule has 0 aliphatic carbocycles. The number of halogens is 1. The third-order valence-electron chi connectivity index (χ3n) is 2.98. The fourth-order valence-corrected chi connectivity index (χ4v) is 1.94. The maximum Gasteiger partial charge on any atom is 0.306 e. The number of Topliss-reactive ketones (excluding diaryl/α,β-unsaturated/α-hetero) is 1. The van der Waals surface area contributed by atoms with E-state index in [9.17, 15) is 14.4 Å². The Bertz CT molecular complexity index is 739. The first-order valence-electron chi connectivity index (χ1n) is 7.11. The molecule has 2 aromatic rings. The van der Waals surface area contributed by atoms with Crippen molar-refractivity contribution >= 4 is 35.1 Å². The lowest BCUT2D eigenvalue weighted by molar-refractivity contribution is -0.147. The van der Waals surface area contributed by atoms with E-state index in [-0.39, 0.29) is 24.4 Å². The zero-order valence-corrected chi connectivity index (χ0v) is 13.6. The van der Waals surface area contributed by atoms with Crippen LogP contribution in [0.25, 0.3) is 0 Å². The van der Waals surface area contributed by atoms with Crippen LogP contribution in [0.1, 0.15) is 29.0 Å². The van der Waals surface area contributed by atoms with Crippen LogP contribution in [0.5, 0.6) is 0 Å². The Balaban J connectivity index is 1.70. The van der Waals surface area contributed by atoms with Gasteiger partial charge in [-0.15, -0.1) is 0 Å². The average molecular weight is 351 g/mol. The summed E-state index contributed by atoms with van der Waals surface area (Å²) in [6.07, 6.45) is -0.123. The number of ether oxygens (including phenoxy) is 1. The minimum atomic E-state index is -0.635. The lowest BCUT2D eigenvalue weighted by Crippen LogP contribution is -2.21. The van der Waals surface area contributed by atoms with Crippen LogP contribution in [0.3, 0.4) is 0 Å². The summed E-state index contributed by atoms with van der Waals surface area (Å²) in [5.41, 5.74) is 0.464. The van der Waals surface area contributed by atoms with Gasteiger partial charge in [-0.3, -0.25) is 14.4 Å². The Labute approximate surface area is 142 Å². The van der Waals surface area contributed by atoms with Gasteiger partial charge in [0.1, 0.15) is 5.76 Å². The van der Waals surface area contributed by atoms with Crippen molar-refractivity contribution in [3.63, 3.8) is 0 Å². The van der Waals surface area contributed by atoms with Gasteiger partial charge >= 0.3 is 5.97 Å². The molecule has 1 amide bonds. The van der Waals surface area contributed by atoms with Crippen LogP contribution in [-0.4, -0.2) is 29.4 Å². The highest BCUT2D eigenvalue weighted by atomic mass is 35.5. The molecule has 0 radical (unpaired) electrons. The molecule has 7 nitrogen and oxygen atoms in total. The number of nitrogens with zero attached hydrogens (tertiary/aromatic N) is 1. The molecule has 2 rings (SSSR count). The van der Waals surface area contributed by atoms with E-state index in [4.69, 9.17) is 20.9 Å². The van der Waals surface area contributed by atoms with Gasteiger partial charge < -0.3 is 14.6 Å². The number of carbonyl (C=O) groups excluding carboxylic acids is 3. The minimum Gasteiger partial charge on any atom is -0.456 e. The second-order valence-corrected chi connectivity index (χ2v) is 5.40. The van der Waals surface area contributed by atoms with Crippen LogP contribution in [0, 0.1) is 6.92 Å². The molecule has 0 saturated heterocycles. The van der Waals surface area contributed by atoms with Gasteiger partial charge in [0, 0.05) is 23.1 Å². The van der Waals surface area contributed by atoms with Gasteiger partial charge in [0.15, 0.2) is 18.2 Å². The van der Waals surface area contributed by atoms with Crippen LogP contribution < -0.4 is 5.32 Å². The highest BCUT2D eigenvalue weighted by Crippen LogP contribution is 2.12. The summed E-state index contributed by atoms with van der Waals surface area (Å²) in [6.45, 7) is 1.22. The third-order valence-corrected chi connectivity index (χ3v) is 3.23. The molecule has 1 aromatic heterocycles. The summed E-state index contributed by atoms with van der Waals surface area (Å²) in [6, 6.07) is 7.91. The molecule has 0 spiro atoms. The van der Waals surface area contributed by atoms with Gasteiger partial charge in [0.05, 0.1) is 6.42 Å². The topological polar surface area (TPSA) is 98.5 Å². The number of amides is 1. The number of rotatable bonds is 7. The molecule has 1 N–H and O–H groups in total. The normalized spacial score (nSPS) is 10.2. The Morgan fingerprint density at radius 2 is 1.92 bits per heavy atom. The maximum absolute atomic E-state index is 11.9. The van der Waals surface area contributed by atoms with Crippen LogP contribution in [0.4, 0.5) is 5.82 Å². The van der Waals surface area contributed by atoms with Crippen molar-refractivity contribution in [2.45, 2.75) is 19.8 Å². The standard InChI is InChI=1S/C16H15ClN2O5/c1-10-8-14(19-24-10)18-15(21)9-23-16(22)7-6-13(20)11-2-4-12(17)5-3-11/h2-5,8H,6-7,9H2,1H3,(H,18,19,21). The monoisotopic (exact) mass is 350 g/mol. The van der Waals surface area contributed by atoms with E-state index < -0.39 is 18.5 Å². The molecule has 0 saturated carbocycles. The fourth-order valence-electron chi connectivity index (χ4n) is 1.82. The third kappa shape index (κ3) is 5.51. The number of hydrogen-bond acceptors (Lipinski definition) is 6. The summed E-state index contributed by atoms with van der Waals surface area (Å²) < 4.78 is 9.59. The van der Waals surface area contributed by atoms with Crippen molar-refractivity contribution in [2.24, 2.45) is 0 Å². The Morgan fingerprint density at radius 3 is 2.54 bits per heavy atom. The van der Waals surface area contributed by atoms with Gasteiger partial charge in [0.25, 0.3) is 5.91 Å². The molecule has 0 bridgehead atoms. The van der Waals surface area contributed by atoms with Crippen LogP contribution in [0.15, 0.2) is 34.9 Å². The minimum absolute atomic E-state index is 0.00936. The van der Waals surface area contributed by atoms with E-state index in [1.165, 1.54) is 6.07 Å². The van der Waals surface area contributed by atoms with Crippen LogP contribution in [0.2, 0.25) is 5.02 Å². The molecule has 126 valence electrons. The van der Waals surface area contributed by atoms with E-state index >= 15 is 0 Å². The second kappa shape index (κ2) is 8.26. The zero-order valence-electron chi connectivity index (χ0n) is 12.9. The Hall–Kier alpha value is -2.67. The molecular formula is C16H15ClN2O5. The Morgan fingerprint density at radius 1 is 1.21 bits per heavy atom. The van der Waals surface area contributed by atoms with Crippen molar-refractivity contribution < 1.29 is 23.6 Å². The number of anilines is 1. The molecular weight excluding hydrogens is 336 g/mol. The zero-order chi connectivity index (χ0) is 17.5. The number of hydrogen-bond donors (Lipinski definition) is 1. The predicted molar refractivity (Wildman–Crippen MR) is 85.8 cm³/mol. The van der Waals surface area contributed by atoms with Crippen molar-refractivity contribution in [3.05, 3.63) is 46.7 Å². The van der Waals surface area contributed by atoms with Gasteiger partial charge in [-0.1, -0.05) is 16.8 Å². The van der Waals surface area contributed by atoms with E-state index in [0.29, 0.717) is 16.3 Å². The lowest BCUT2D eigenvalue weighted by Gasteiger charge is -2.04. The van der Waals surface area contributed by atoms with Crippen molar-refractivity contribution in [1.29, 1.82) is 0 Å². The molecule has 0 aliphatic rings. The van der Waals surface area contributed by atoms with Gasteiger partial charge in [0.2, 0.25) is 0 Å². The van der Waals surface area contributed by atoms with E-state index in [2.05, 4.69) is 10.5 Å². The van der Waals surface area contributed by atoms with Crippen LogP contribution in [-0.2, 0) is 14.3 Å². The number of ketones is 1. The van der Waals surface area contributed by atoms with Crippen molar-refractivity contribution in [3.8, 4) is 0 Å². The summed E-state index contributed by atoms with van der Waals surface area (Å²) in [4.78, 5) is 35.0. The molecule has 1 aromatic carbocycles. The number of aromatic nitrogens is 1. The molecule has 0 fully saturated rings.